The van der Waals surface area contributed by atoms with Gasteiger partial charge in [-0.25, -0.2) is 0 Å². The molecular formula is C14H8Cl3N5O. The van der Waals surface area contributed by atoms with E-state index in [1.807, 2.05) is 0 Å². The van der Waals surface area contributed by atoms with E-state index in [1.165, 1.54) is 17.1 Å². The second-order valence-electron chi connectivity index (χ2n) is 4.47. The largest absolute Gasteiger partial charge is 0.321 e. The molecule has 0 aliphatic rings. The van der Waals surface area contributed by atoms with Gasteiger partial charge in [-0.3, -0.25) is 4.79 Å². The minimum Gasteiger partial charge on any atom is -0.321 e. The van der Waals surface area contributed by atoms with E-state index in [2.05, 4.69) is 20.8 Å². The summed E-state index contributed by atoms with van der Waals surface area (Å²) in [4.78, 5) is 12.6. The normalized spacial score (nSPS) is 10.6. The third kappa shape index (κ3) is 3.29. The molecule has 3 aromatic rings. The molecule has 0 bridgehead atoms. The third-order valence-corrected chi connectivity index (χ3v) is 4.05. The maximum atomic E-state index is 12.6. The van der Waals surface area contributed by atoms with Gasteiger partial charge in [-0.2, -0.15) is 4.68 Å². The number of rotatable bonds is 3. The maximum Gasteiger partial charge on any atom is 0.257 e. The fourth-order valence-electron chi connectivity index (χ4n) is 1.95. The number of hydrogen-bond acceptors (Lipinski definition) is 4. The number of tetrazole rings is 1. The minimum absolute atomic E-state index is 0.258. The molecule has 116 valence electrons. The van der Waals surface area contributed by atoms with Gasteiger partial charge in [0.1, 0.15) is 6.33 Å². The fourth-order valence-corrected chi connectivity index (χ4v) is 2.47. The Balaban J connectivity index is 1.99. The van der Waals surface area contributed by atoms with Gasteiger partial charge in [-0.15, -0.1) is 5.10 Å². The molecule has 0 saturated carbocycles. The fraction of sp³-hybridized carbons (Fsp3) is 0. The maximum absolute atomic E-state index is 12.6. The predicted octanol–water partition coefficient (Wildman–Crippen LogP) is 3.87. The highest BCUT2D eigenvalue weighted by Crippen LogP contribution is 2.30. The number of benzene rings is 2. The smallest absolute Gasteiger partial charge is 0.257 e. The summed E-state index contributed by atoms with van der Waals surface area (Å²) in [6.07, 6.45) is 1.38. The van der Waals surface area contributed by atoms with Crippen molar-refractivity contribution < 1.29 is 4.79 Å². The van der Waals surface area contributed by atoms with Gasteiger partial charge in [0.05, 0.1) is 27.0 Å². The SMILES string of the molecule is O=C(Nc1cccc(Cl)c1Cl)c1cc(Cl)ccc1-n1cnnn1. The molecular weight excluding hydrogens is 361 g/mol. The Morgan fingerprint density at radius 2 is 1.96 bits per heavy atom. The van der Waals surface area contributed by atoms with Crippen molar-refractivity contribution in [3.63, 3.8) is 0 Å². The van der Waals surface area contributed by atoms with E-state index in [0.29, 0.717) is 27.0 Å². The van der Waals surface area contributed by atoms with Gasteiger partial charge in [0.2, 0.25) is 0 Å². The van der Waals surface area contributed by atoms with Gasteiger partial charge in [0.25, 0.3) is 5.91 Å². The number of carbonyl (C=O) groups excluding carboxylic acids is 1. The molecule has 1 N–H and O–H groups in total. The van der Waals surface area contributed by atoms with E-state index in [9.17, 15) is 4.79 Å². The number of halogens is 3. The van der Waals surface area contributed by atoms with Crippen molar-refractivity contribution in [1.29, 1.82) is 0 Å². The van der Waals surface area contributed by atoms with Crippen LogP contribution >= 0.6 is 34.8 Å². The standard InChI is InChI=1S/C14H8Cl3N5O/c15-8-4-5-12(22-7-18-20-21-22)9(6-8)14(23)19-11-3-1-2-10(16)13(11)17/h1-7H,(H,19,23). The molecule has 0 aliphatic heterocycles. The molecule has 0 atom stereocenters. The number of nitrogens with zero attached hydrogens (tertiary/aromatic N) is 4. The van der Waals surface area contributed by atoms with Crippen LogP contribution in [0.3, 0.4) is 0 Å². The molecule has 1 amide bonds. The first-order valence-electron chi connectivity index (χ1n) is 6.34. The Morgan fingerprint density at radius 3 is 2.70 bits per heavy atom. The highest BCUT2D eigenvalue weighted by atomic mass is 35.5. The van der Waals surface area contributed by atoms with Crippen molar-refractivity contribution in [2.24, 2.45) is 0 Å². The zero-order chi connectivity index (χ0) is 16.4. The third-order valence-electron chi connectivity index (χ3n) is 3.00. The van der Waals surface area contributed by atoms with Gasteiger partial charge in [0.15, 0.2) is 0 Å². The van der Waals surface area contributed by atoms with Crippen molar-refractivity contribution in [2.45, 2.75) is 0 Å². The Kier molecular flexibility index (Phi) is 4.47. The van der Waals surface area contributed by atoms with Gasteiger partial charge >= 0.3 is 0 Å². The average Bonchev–Trinajstić information content (AvgIpc) is 3.06. The summed E-state index contributed by atoms with van der Waals surface area (Å²) in [7, 11) is 0. The molecule has 0 saturated heterocycles. The van der Waals surface area contributed by atoms with Crippen LogP contribution in [0.5, 0.6) is 0 Å². The summed E-state index contributed by atoms with van der Waals surface area (Å²) >= 11 is 18.0. The molecule has 0 unspecified atom stereocenters. The van der Waals surface area contributed by atoms with Crippen LogP contribution in [0.2, 0.25) is 15.1 Å². The molecule has 0 aliphatic carbocycles. The first-order chi connectivity index (χ1) is 11.1. The molecule has 9 heteroatoms. The van der Waals surface area contributed by atoms with Gasteiger partial charge in [0, 0.05) is 5.02 Å². The number of anilines is 1. The monoisotopic (exact) mass is 367 g/mol. The number of aromatic nitrogens is 4. The molecule has 3 rings (SSSR count). The molecule has 1 aromatic heterocycles. The topological polar surface area (TPSA) is 72.7 Å². The highest BCUT2D eigenvalue weighted by molar-refractivity contribution is 6.44. The lowest BCUT2D eigenvalue weighted by molar-refractivity contribution is 0.102. The number of hydrogen-bond donors (Lipinski definition) is 1. The average molecular weight is 369 g/mol. The molecule has 2 aromatic carbocycles. The molecule has 6 nitrogen and oxygen atoms in total. The molecule has 0 fully saturated rings. The quantitative estimate of drug-likeness (QED) is 0.761. The first kappa shape index (κ1) is 15.7. The zero-order valence-corrected chi connectivity index (χ0v) is 13.6. The first-order valence-corrected chi connectivity index (χ1v) is 7.48. The van der Waals surface area contributed by atoms with Crippen molar-refractivity contribution in [1.82, 2.24) is 20.2 Å². The second kappa shape index (κ2) is 6.54. The van der Waals surface area contributed by atoms with Crippen LogP contribution in [0.25, 0.3) is 5.69 Å². The van der Waals surface area contributed by atoms with Crippen molar-refractivity contribution in [3.8, 4) is 5.69 Å². The summed E-state index contributed by atoms with van der Waals surface area (Å²) in [6.45, 7) is 0. The van der Waals surface area contributed by atoms with Gasteiger partial charge in [-0.05, 0) is 40.8 Å². The Labute approximate surface area is 146 Å². The van der Waals surface area contributed by atoms with E-state index in [0.717, 1.165) is 0 Å². The molecule has 0 spiro atoms. The van der Waals surface area contributed by atoms with E-state index >= 15 is 0 Å². The lowest BCUT2D eigenvalue weighted by atomic mass is 10.1. The Bertz CT molecular complexity index is 867. The van der Waals surface area contributed by atoms with E-state index in [4.69, 9.17) is 34.8 Å². The van der Waals surface area contributed by atoms with Gasteiger partial charge < -0.3 is 5.32 Å². The Hall–Kier alpha value is -2.15. The van der Waals surface area contributed by atoms with Crippen molar-refractivity contribution >= 4 is 46.4 Å². The zero-order valence-electron chi connectivity index (χ0n) is 11.4. The molecule has 1 heterocycles. The van der Waals surface area contributed by atoms with E-state index in [1.54, 1.807) is 30.3 Å². The van der Waals surface area contributed by atoms with Crippen LogP contribution in [0.1, 0.15) is 10.4 Å². The molecule has 23 heavy (non-hydrogen) atoms. The number of carbonyl (C=O) groups is 1. The summed E-state index contributed by atoms with van der Waals surface area (Å²) in [6, 6.07) is 9.77. The summed E-state index contributed by atoms with van der Waals surface area (Å²) in [5, 5.41) is 14.6. The van der Waals surface area contributed by atoms with Crippen LogP contribution in [-0.2, 0) is 0 Å². The molecule has 0 radical (unpaired) electrons. The van der Waals surface area contributed by atoms with Crippen LogP contribution < -0.4 is 5.32 Å². The van der Waals surface area contributed by atoms with Crippen molar-refractivity contribution in [2.75, 3.05) is 5.32 Å². The summed E-state index contributed by atoms with van der Waals surface area (Å²) in [5.41, 5.74) is 1.17. The van der Waals surface area contributed by atoms with Gasteiger partial charge in [-0.1, -0.05) is 40.9 Å². The van der Waals surface area contributed by atoms with Crippen LogP contribution in [0, 0.1) is 0 Å². The summed E-state index contributed by atoms with van der Waals surface area (Å²) in [5.74, 6) is -0.415. The van der Waals surface area contributed by atoms with Crippen LogP contribution in [-0.4, -0.2) is 26.1 Å². The lowest BCUT2D eigenvalue weighted by Crippen LogP contribution is -2.15. The summed E-state index contributed by atoms with van der Waals surface area (Å²) < 4.78 is 1.37. The van der Waals surface area contributed by atoms with Crippen LogP contribution in [0.4, 0.5) is 5.69 Å². The van der Waals surface area contributed by atoms with Crippen molar-refractivity contribution in [3.05, 3.63) is 63.4 Å². The number of nitrogens with one attached hydrogen (secondary N) is 1. The Morgan fingerprint density at radius 1 is 1.13 bits per heavy atom. The van der Waals surface area contributed by atoms with E-state index < -0.39 is 5.91 Å². The number of amides is 1. The second-order valence-corrected chi connectivity index (χ2v) is 5.69. The van der Waals surface area contributed by atoms with E-state index in [-0.39, 0.29) is 5.02 Å². The predicted molar refractivity (Wildman–Crippen MR) is 88.6 cm³/mol. The minimum atomic E-state index is -0.415. The highest BCUT2D eigenvalue weighted by Gasteiger charge is 2.16. The van der Waals surface area contributed by atoms with Crippen LogP contribution in [0.15, 0.2) is 42.7 Å². The lowest BCUT2D eigenvalue weighted by Gasteiger charge is -2.11.